The summed E-state index contributed by atoms with van der Waals surface area (Å²) in [6, 6.07) is 12.0. The molecule has 0 atom stereocenters. The third kappa shape index (κ3) is 3.67. The lowest BCUT2D eigenvalue weighted by molar-refractivity contribution is 0.321. The zero-order valence-corrected chi connectivity index (χ0v) is 13.4. The molecule has 3 heteroatoms. The van der Waals surface area contributed by atoms with E-state index in [1.54, 1.807) is 6.07 Å². The van der Waals surface area contributed by atoms with Gasteiger partial charge in [0.2, 0.25) is 0 Å². The van der Waals surface area contributed by atoms with Crippen LogP contribution < -0.4 is 10.5 Å². The maximum Gasteiger partial charge on any atom is 0.120 e. The van der Waals surface area contributed by atoms with E-state index >= 15 is 0 Å². The monoisotopic (exact) mass is 296 g/mol. The molecule has 0 aliphatic carbocycles. The van der Waals surface area contributed by atoms with Crippen LogP contribution in [0.15, 0.2) is 36.4 Å². The van der Waals surface area contributed by atoms with Gasteiger partial charge in [0.25, 0.3) is 0 Å². The number of anilines is 1. The number of benzene rings is 2. The summed E-state index contributed by atoms with van der Waals surface area (Å²) in [5.41, 5.74) is 11.3. The normalized spacial score (nSPS) is 10.5. The molecule has 0 saturated carbocycles. The second-order valence-electron chi connectivity index (χ2n) is 5.30. The van der Waals surface area contributed by atoms with E-state index in [4.69, 9.17) is 15.9 Å². The van der Waals surface area contributed by atoms with E-state index in [0.717, 1.165) is 25.0 Å². The minimum atomic E-state index is 0.604. The number of nitrogens with one attached hydrogen (secondary N) is 1. The Morgan fingerprint density at radius 3 is 2.36 bits per heavy atom. The van der Waals surface area contributed by atoms with Crippen molar-refractivity contribution in [3.8, 4) is 5.75 Å². The quantitative estimate of drug-likeness (QED) is 0.599. The molecular formula is C19H24N2O. The van der Waals surface area contributed by atoms with Gasteiger partial charge in [-0.1, -0.05) is 32.0 Å². The molecule has 0 saturated heterocycles. The van der Waals surface area contributed by atoms with Crippen LogP contribution in [0.2, 0.25) is 0 Å². The van der Waals surface area contributed by atoms with Gasteiger partial charge in [0.05, 0.1) is 6.61 Å². The molecule has 0 bridgehead atoms. The fourth-order valence-electron chi connectivity index (χ4n) is 2.71. The lowest BCUT2D eigenvalue weighted by Crippen LogP contribution is -2.07. The largest absolute Gasteiger partial charge is 0.493 e. The predicted octanol–water partition coefficient (Wildman–Crippen LogP) is 4.01. The van der Waals surface area contributed by atoms with Crippen LogP contribution in [-0.2, 0) is 19.3 Å². The first-order valence-corrected chi connectivity index (χ1v) is 7.82. The Hall–Kier alpha value is -2.29. The SMILES string of the molecule is CCc1cccc(CC)c1CCOc1ccc(N)c(C=N)c1. The van der Waals surface area contributed by atoms with E-state index in [-0.39, 0.29) is 0 Å². The van der Waals surface area contributed by atoms with Gasteiger partial charge in [-0.2, -0.15) is 0 Å². The molecule has 2 rings (SSSR count). The van der Waals surface area contributed by atoms with E-state index in [0.29, 0.717) is 17.9 Å². The summed E-state index contributed by atoms with van der Waals surface area (Å²) in [7, 11) is 0. The molecule has 0 amide bonds. The molecule has 0 aromatic heterocycles. The zero-order valence-electron chi connectivity index (χ0n) is 13.4. The van der Waals surface area contributed by atoms with Gasteiger partial charge < -0.3 is 15.9 Å². The van der Waals surface area contributed by atoms with Gasteiger partial charge in [0, 0.05) is 23.9 Å². The maximum atomic E-state index is 7.34. The van der Waals surface area contributed by atoms with E-state index in [1.807, 2.05) is 12.1 Å². The van der Waals surface area contributed by atoms with Crippen molar-refractivity contribution >= 4 is 11.9 Å². The molecular weight excluding hydrogens is 272 g/mol. The number of ether oxygens (including phenoxy) is 1. The smallest absolute Gasteiger partial charge is 0.120 e. The molecule has 0 radical (unpaired) electrons. The first-order valence-electron chi connectivity index (χ1n) is 7.82. The minimum Gasteiger partial charge on any atom is -0.493 e. The highest BCUT2D eigenvalue weighted by atomic mass is 16.5. The highest BCUT2D eigenvalue weighted by Gasteiger charge is 2.07. The lowest BCUT2D eigenvalue weighted by Gasteiger charge is -2.14. The standard InChI is InChI=1S/C19H24N2O/c1-3-14-6-5-7-15(4-2)18(14)10-11-22-17-8-9-19(21)16(12-17)13-20/h5-9,12-13,20H,3-4,10-11,21H2,1-2H3. The third-order valence-corrected chi connectivity index (χ3v) is 3.97. The van der Waals surface area contributed by atoms with Gasteiger partial charge in [-0.05, 0) is 47.7 Å². The number of nitrogens with two attached hydrogens (primary N) is 1. The summed E-state index contributed by atoms with van der Waals surface area (Å²) in [4.78, 5) is 0. The minimum absolute atomic E-state index is 0.604. The molecule has 0 unspecified atom stereocenters. The Labute approximate surface area is 132 Å². The van der Waals surface area contributed by atoms with E-state index in [1.165, 1.54) is 22.9 Å². The van der Waals surface area contributed by atoms with Crippen LogP contribution in [0.3, 0.4) is 0 Å². The van der Waals surface area contributed by atoms with Crippen molar-refractivity contribution in [3.05, 3.63) is 58.7 Å². The fourth-order valence-corrected chi connectivity index (χ4v) is 2.71. The Kier molecular flexibility index (Phi) is 5.59. The second kappa shape index (κ2) is 7.64. The average Bonchev–Trinajstić information content (AvgIpc) is 2.56. The highest BCUT2D eigenvalue weighted by molar-refractivity contribution is 5.85. The summed E-state index contributed by atoms with van der Waals surface area (Å²) in [6.45, 7) is 5.01. The van der Waals surface area contributed by atoms with Crippen LogP contribution in [-0.4, -0.2) is 12.8 Å². The summed E-state index contributed by atoms with van der Waals surface area (Å²) >= 11 is 0. The number of hydrogen-bond donors (Lipinski definition) is 2. The van der Waals surface area contributed by atoms with Crippen LogP contribution in [0.1, 0.15) is 36.1 Å². The van der Waals surface area contributed by atoms with Crippen molar-refractivity contribution in [2.24, 2.45) is 0 Å². The summed E-state index contributed by atoms with van der Waals surface area (Å²) < 4.78 is 5.85. The molecule has 0 heterocycles. The molecule has 0 aliphatic heterocycles. The van der Waals surface area contributed by atoms with Crippen molar-refractivity contribution in [2.45, 2.75) is 33.1 Å². The zero-order chi connectivity index (χ0) is 15.9. The van der Waals surface area contributed by atoms with Crippen LogP contribution in [0, 0.1) is 5.41 Å². The Bertz CT molecular complexity index is 628. The van der Waals surface area contributed by atoms with Gasteiger partial charge in [0.15, 0.2) is 0 Å². The van der Waals surface area contributed by atoms with Crippen molar-refractivity contribution in [1.29, 1.82) is 5.41 Å². The Morgan fingerprint density at radius 2 is 1.77 bits per heavy atom. The number of aryl methyl sites for hydroxylation is 2. The summed E-state index contributed by atoms with van der Waals surface area (Å²) in [5, 5.41) is 7.34. The van der Waals surface area contributed by atoms with E-state index in [9.17, 15) is 0 Å². The van der Waals surface area contributed by atoms with Gasteiger partial charge in [-0.25, -0.2) is 0 Å². The predicted molar refractivity (Wildman–Crippen MR) is 93.1 cm³/mol. The molecule has 22 heavy (non-hydrogen) atoms. The van der Waals surface area contributed by atoms with Crippen molar-refractivity contribution in [2.75, 3.05) is 12.3 Å². The van der Waals surface area contributed by atoms with Gasteiger partial charge in [-0.15, -0.1) is 0 Å². The number of nitrogen functional groups attached to an aromatic ring is 1. The van der Waals surface area contributed by atoms with Crippen molar-refractivity contribution < 1.29 is 4.74 Å². The van der Waals surface area contributed by atoms with E-state index in [2.05, 4.69) is 32.0 Å². The molecule has 2 aromatic rings. The van der Waals surface area contributed by atoms with Crippen LogP contribution in [0.4, 0.5) is 5.69 Å². The number of rotatable bonds is 7. The van der Waals surface area contributed by atoms with Gasteiger partial charge in [-0.3, -0.25) is 0 Å². The molecule has 3 nitrogen and oxygen atoms in total. The second-order valence-corrected chi connectivity index (χ2v) is 5.30. The van der Waals surface area contributed by atoms with Crippen molar-refractivity contribution in [3.63, 3.8) is 0 Å². The molecule has 116 valence electrons. The Balaban J connectivity index is 2.06. The van der Waals surface area contributed by atoms with Crippen LogP contribution in [0.5, 0.6) is 5.75 Å². The Morgan fingerprint density at radius 1 is 1.09 bits per heavy atom. The summed E-state index contributed by atoms with van der Waals surface area (Å²) in [5.74, 6) is 0.764. The third-order valence-electron chi connectivity index (χ3n) is 3.97. The van der Waals surface area contributed by atoms with Crippen LogP contribution in [0.25, 0.3) is 0 Å². The fraction of sp³-hybridized carbons (Fsp3) is 0.316. The van der Waals surface area contributed by atoms with Gasteiger partial charge in [0.1, 0.15) is 5.75 Å². The lowest BCUT2D eigenvalue weighted by atomic mass is 9.95. The first-order chi connectivity index (χ1) is 10.7. The molecule has 0 spiro atoms. The maximum absolute atomic E-state index is 7.34. The van der Waals surface area contributed by atoms with Crippen LogP contribution >= 0.6 is 0 Å². The highest BCUT2D eigenvalue weighted by Crippen LogP contribution is 2.20. The van der Waals surface area contributed by atoms with Gasteiger partial charge >= 0.3 is 0 Å². The number of hydrogen-bond acceptors (Lipinski definition) is 3. The molecule has 3 N–H and O–H groups in total. The molecule has 0 aliphatic rings. The molecule has 0 fully saturated rings. The van der Waals surface area contributed by atoms with Crippen molar-refractivity contribution in [1.82, 2.24) is 0 Å². The topological polar surface area (TPSA) is 59.1 Å². The molecule has 2 aromatic carbocycles. The van der Waals surface area contributed by atoms with E-state index < -0.39 is 0 Å². The summed E-state index contributed by atoms with van der Waals surface area (Å²) in [6.07, 6.45) is 4.24. The average molecular weight is 296 g/mol. The first kappa shape index (κ1) is 16.1.